The van der Waals surface area contributed by atoms with Gasteiger partial charge in [-0.1, -0.05) is 0 Å². The van der Waals surface area contributed by atoms with Crippen LogP contribution in [0.4, 0.5) is 0 Å². The van der Waals surface area contributed by atoms with Gasteiger partial charge in [0.2, 0.25) is 0 Å². The fourth-order valence-corrected chi connectivity index (χ4v) is 3.41. The molecule has 0 unspecified atom stereocenters. The highest BCUT2D eigenvalue weighted by Crippen LogP contribution is 2.63. The first kappa shape index (κ1) is 11.7. The molecule has 0 aromatic carbocycles. The summed E-state index contributed by atoms with van der Waals surface area (Å²) in [5, 5.41) is 19.1. The molecule has 0 aliphatic heterocycles. The van der Waals surface area contributed by atoms with Gasteiger partial charge in [-0.2, -0.15) is 0 Å². The Labute approximate surface area is 103 Å². The lowest BCUT2D eigenvalue weighted by Crippen LogP contribution is -2.37. The fourth-order valence-electron chi connectivity index (χ4n) is 3.41. The van der Waals surface area contributed by atoms with E-state index in [1.807, 2.05) is 0 Å². The minimum absolute atomic E-state index is 0.0648. The van der Waals surface area contributed by atoms with Crippen molar-refractivity contribution in [2.24, 2.45) is 11.8 Å². The summed E-state index contributed by atoms with van der Waals surface area (Å²) in [6.07, 6.45) is 2.23. The Balaban J connectivity index is 2.06. The Kier molecular flexibility index (Phi) is 2.30. The number of hydrogen-bond acceptors (Lipinski definition) is 4. The van der Waals surface area contributed by atoms with Crippen LogP contribution in [0, 0.1) is 18.8 Å². The summed E-state index contributed by atoms with van der Waals surface area (Å²) >= 11 is 0. The minimum atomic E-state index is -0.576. The van der Waals surface area contributed by atoms with Crippen molar-refractivity contribution in [2.45, 2.75) is 31.4 Å². The summed E-state index contributed by atoms with van der Waals surface area (Å²) in [7, 11) is 0. The Morgan fingerprint density at radius 2 is 2.22 bits per heavy atom. The number of nitrogens with one attached hydrogen (secondary N) is 1. The van der Waals surface area contributed by atoms with Gasteiger partial charge in [0.05, 0.1) is 11.6 Å². The summed E-state index contributed by atoms with van der Waals surface area (Å²) in [5.41, 5.74) is -0.726. The van der Waals surface area contributed by atoms with Crippen LogP contribution >= 0.6 is 0 Å². The van der Waals surface area contributed by atoms with E-state index in [1.54, 1.807) is 13.1 Å². The number of aryl methyl sites for hydroxylation is 1. The van der Waals surface area contributed by atoms with Crippen molar-refractivity contribution in [1.29, 1.82) is 0 Å². The number of rotatable bonds is 2. The molecule has 2 aliphatic carbocycles. The maximum atomic E-state index is 11.9. The van der Waals surface area contributed by atoms with Crippen molar-refractivity contribution in [1.82, 2.24) is 9.55 Å². The molecule has 1 aromatic rings. The van der Waals surface area contributed by atoms with Gasteiger partial charge in [-0.25, -0.2) is 4.79 Å². The SMILES string of the molecule is Cc1cn([C@@]23C[C@H](O)[C@@H](CO)[C@@H]2C3)c(=O)[nH]c1=O. The third kappa shape index (κ3) is 1.36. The monoisotopic (exact) mass is 252 g/mol. The van der Waals surface area contributed by atoms with Gasteiger partial charge in [-0.3, -0.25) is 14.3 Å². The molecule has 1 heterocycles. The zero-order valence-electron chi connectivity index (χ0n) is 10.1. The van der Waals surface area contributed by atoms with E-state index in [1.165, 1.54) is 4.57 Å². The third-order valence-electron chi connectivity index (χ3n) is 4.49. The minimum Gasteiger partial charge on any atom is -0.396 e. The Morgan fingerprint density at radius 1 is 1.50 bits per heavy atom. The van der Waals surface area contributed by atoms with E-state index < -0.39 is 17.3 Å². The molecule has 18 heavy (non-hydrogen) atoms. The molecule has 1 aromatic heterocycles. The van der Waals surface area contributed by atoms with Crippen LogP contribution in [0.1, 0.15) is 18.4 Å². The predicted molar refractivity (Wildman–Crippen MR) is 63.3 cm³/mol. The second kappa shape index (κ2) is 3.55. The second-order valence-electron chi connectivity index (χ2n) is 5.47. The first-order valence-electron chi connectivity index (χ1n) is 6.11. The molecule has 3 rings (SSSR count). The molecule has 6 nitrogen and oxygen atoms in total. The maximum absolute atomic E-state index is 11.9. The van der Waals surface area contributed by atoms with Crippen molar-refractivity contribution in [2.75, 3.05) is 6.61 Å². The van der Waals surface area contributed by atoms with Gasteiger partial charge in [0.15, 0.2) is 0 Å². The van der Waals surface area contributed by atoms with Crippen molar-refractivity contribution >= 4 is 0 Å². The van der Waals surface area contributed by atoms with E-state index in [9.17, 15) is 19.8 Å². The first-order chi connectivity index (χ1) is 8.49. The lowest BCUT2D eigenvalue weighted by molar-refractivity contribution is 0.0714. The molecule has 4 atom stereocenters. The molecule has 2 fully saturated rings. The van der Waals surface area contributed by atoms with Crippen LogP contribution < -0.4 is 11.2 Å². The lowest BCUT2D eigenvalue weighted by Gasteiger charge is -2.17. The van der Waals surface area contributed by atoms with Crippen LogP contribution in [0.3, 0.4) is 0 Å². The normalized spacial score (nSPS) is 37.6. The Morgan fingerprint density at radius 3 is 2.83 bits per heavy atom. The van der Waals surface area contributed by atoms with Crippen molar-refractivity contribution in [3.63, 3.8) is 0 Å². The number of nitrogens with zero attached hydrogens (tertiary/aromatic N) is 1. The Bertz CT molecular complexity index is 605. The van der Waals surface area contributed by atoms with Crippen LogP contribution in [0.5, 0.6) is 0 Å². The summed E-state index contributed by atoms with van der Waals surface area (Å²) in [6.45, 7) is 1.59. The number of fused-ring (bicyclic) bond motifs is 1. The van der Waals surface area contributed by atoms with Crippen LogP contribution in [0.25, 0.3) is 0 Å². The largest absolute Gasteiger partial charge is 0.396 e. The van der Waals surface area contributed by atoms with Gasteiger partial charge in [0.25, 0.3) is 5.56 Å². The fraction of sp³-hybridized carbons (Fsp3) is 0.667. The van der Waals surface area contributed by atoms with E-state index in [2.05, 4.69) is 4.98 Å². The highest BCUT2D eigenvalue weighted by Gasteiger charge is 2.66. The molecular formula is C12H16N2O4. The van der Waals surface area contributed by atoms with Gasteiger partial charge in [-0.05, 0) is 25.7 Å². The Hall–Kier alpha value is -1.40. The second-order valence-corrected chi connectivity index (χ2v) is 5.47. The van der Waals surface area contributed by atoms with E-state index in [0.717, 1.165) is 6.42 Å². The van der Waals surface area contributed by atoms with Crippen LogP contribution in [-0.2, 0) is 5.54 Å². The summed E-state index contributed by atoms with van der Waals surface area (Å²) in [6, 6.07) is 0. The predicted octanol–water partition coefficient (Wildman–Crippen LogP) is -1.07. The maximum Gasteiger partial charge on any atom is 0.328 e. The standard InChI is InChI=1S/C12H16N2O4/c1-6-4-14(11(18)13-10(6)17)12-2-8(12)7(5-15)9(16)3-12/h4,7-9,15-16H,2-3,5H2,1H3,(H,13,17,18)/t7-,8-,9-,12-/m0/s1. The molecule has 2 saturated carbocycles. The van der Waals surface area contributed by atoms with Crippen molar-refractivity contribution in [3.05, 3.63) is 32.6 Å². The van der Waals surface area contributed by atoms with Crippen molar-refractivity contribution < 1.29 is 10.2 Å². The topological polar surface area (TPSA) is 95.3 Å². The molecule has 0 radical (unpaired) electrons. The van der Waals surface area contributed by atoms with Gasteiger partial charge >= 0.3 is 5.69 Å². The number of aliphatic hydroxyl groups excluding tert-OH is 2. The van der Waals surface area contributed by atoms with Gasteiger partial charge < -0.3 is 10.2 Å². The van der Waals surface area contributed by atoms with E-state index in [0.29, 0.717) is 12.0 Å². The lowest BCUT2D eigenvalue weighted by atomic mass is 10.0. The van der Waals surface area contributed by atoms with Gasteiger partial charge in [0, 0.05) is 24.3 Å². The van der Waals surface area contributed by atoms with E-state index >= 15 is 0 Å². The number of aliphatic hydroxyl groups is 2. The van der Waals surface area contributed by atoms with Gasteiger partial charge in [0.1, 0.15) is 0 Å². The average Bonchev–Trinajstić information content (AvgIpc) is 2.93. The van der Waals surface area contributed by atoms with E-state index in [4.69, 9.17) is 0 Å². The van der Waals surface area contributed by atoms with E-state index in [-0.39, 0.29) is 24.0 Å². The zero-order valence-corrected chi connectivity index (χ0v) is 10.1. The molecule has 2 aliphatic rings. The van der Waals surface area contributed by atoms with Crippen LogP contribution in [0.15, 0.2) is 15.8 Å². The molecule has 0 saturated heterocycles. The quantitative estimate of drug-likeness (QED) is 0.625. The summed E-state index contributed by atoms with van der Waals surface area (Å²) in [4.78, 5) is 25.5. The summed E-state index contributed by atoms with van der Waals surface area (Å²) in [5.74, 6) is -0.0374. The summed E-state index contributed by atoms with van der Waals surface area (Å²) < 4.78 is 1.54. The smallest absolute Gasteiger partial charge is 0.328 e. The van der Waals surface area contributed by atoms with Gasteiger partial charge in [-0.15, -0.1) is 0 Å². The number of H-pyrrole nitrogens is 1. The molecule has 0 bridgehead atoms. The molecule has 0 spiro atoms. The third-order valence-corrected chi connectivity index (χ3v) is 4.49. The number of aromatic amines is 1. The molecule has 0 amide bonds. The highest BCUT2D eigenvalue weighted by molar-refractivity contribution is 5.19. The number of hydrogen-bond donors (Lipinski definition) is 3. The molecule has 6 heteroatoms. The highest BCUT2D eigenvalue weighted by atomic mass is 16.3. The van der Waals surface area contributed by atoms with Crippen molar-refractivity contribution in [3.8, 4) is 0 Å². The molecule has 98 valence electrons. The number of aromatic nitrogens is 2. The zero-order chi connectivity index (χ0) is 13.1. The average molecular weight is 252 g/mol. The molecular weight excluding hydrogens is 236 g/mol. The van der Waals surface area contributed by atoms with Crippen LogP contribution in [0.2, 0.25) is 0 Å². The van der Waals surface area contributed by atoms with Crippen LogP contribution in [-0.4, -0.2) is 32.5 Å². The molecule has 3 N–H and O–H groups in total. The first-order valence-corrected chi connectivity index (χ1v) is 6.11.